The van der Waals surface area contributed by atoms with E-state index in [1.807, 2.05) is 20.8 Å². The molecule has 86 valence electrons. The first-order valence-electron chi connectivity index (χ1n) is 5.13. The van der Waals surface area contributed by atoms with Crippen molar-refractivity contribution < 1.29 is 17.8 Å². The van der Waals surface area contributed by atoms with Crippen molar-refractivity contribution in [3.05, 3.63) is 0 Å². The summed E-state index contributed by atoms with van der Waals surface area (Å²) in [5.41, 5.74) is -0.914. The van der Waals surface area contributed by atoms with Crippen LogP contribution in [0.5, 0.6) is 0 Å². The van der Waals surface area contributed by atoms with Gasteiger partial charge in [-0.3, -0.25) is 9.35 Å². The molecule has 0 aromatic carbocycles. The van der Waals surface area contributed by atoms with E-state index in [-0.39, 0.29) is 17.1 Å². The van der Waals surface area contributed by atoms with Gasteiger partial charge in [0.1, 0.15) is 5.25 Å². The van der Waals surface area contributed by atoms with Crippen LogP contribution < -0.4 is 0 Å². The zero-order valence-corrected chi connectivity index (χ0v) is 9.97. The summed E-state index contributed by atoms with van der Waals surface area (Å²) in [4.78, 5) is 12.0. The first-order chi connectivity index (χ1) is 6.62. The molecule has 2 aliphatic rings. The van der Waals surface area contributed by atoms with Crippen molar-refractivity contribution in [3.63, 3.8) is 0 Å². The van der Waals surface area contributed by atoms with Crippen LogP contribution in [-0.2, 0) is 14.9 Å². The third-order valence-electron chi connectivity index (χ3n) is 4.79. The Labute approximate surface area is 89.8 Å². The van der Waals surface area contributed by atoms with Gasteiger partial charge in [-0.1, -0.05) is 20.8 Å². The van der Waals surface area contributed by atoms with Crippen molar-refractivity contribution in [2.75, 3.05) is 0 Å². The van der Waals surface area contributed by atoms with Gasteiger partial charge in [-0.15, -0.1) is 0 Å². The fourth-order valence-electron chi connectivity index (χ4n) is 3.35. The quantitative estimate of drug-likeness (QED) is 0.691. The molecular formula is C10H16O4S. The number of rotatable bonds is 1. The number of carbonyl (C=O) groups excluding carboxylic acids is 1. The first kappa shape index (κ1) is 11.1. The molecule has 0 unspecified atom stereocenters. The summed E-state index contributed by atoms with van der Waals surface area (Å²) in [6, 6.07) is 0. The molecule has 1 N–H and O–H groups in total. The lowest BCUT2D eigenvalue weighted by Gasteiger charge is -2.32. The zero-order chi connectivity index (χ0) is 11.6. The molecule has 0 amide bonds. The average Bonchev–Trinajstić information content (AvgIpc) is 2.33. The fourth-order valence-corrected chi connectivity index (χ4v) is 4.77. The van der Waals surface area contributed by atoms with Gasteiger partial charge in [-0.05, 0) is 24.2 Å². The SMILES string of the molecule is CC1(C)[C@@H]2CC[C@@]1(C)C(=O)[C@H]2S(=O)(=O)O. The second-order valence-corrected chi connectivity index (χ2v) is 7.04. The molecule has 2 fully saturated rings. The standard InChI is InChI=1S/C10H16O4S/c1-9(2)6-4-5-10(9,3)8(11)7(6)15(12,13)14/h6-7H,4-5H2,1-3H3,(H,12,13,14)/t6-,7+,10+/m1/s1. The minimum atomic E-state index is -4.24. The van der Waals surface area contributed by atoms with E-state index < -0.39 is 20.8 Å². The highest BCUT2D eigenvalue weighted by Crippen LogP contribution is 2.64. The summed E-state index contributed by atoms with van der Waals surface area (Å²) in [5.74, 6) is -0.531. The largest absolute Gasteiger partial charge is 0.297 e. The van der Waals surface area contributed by atoms with E-state index in [2.05, 4.69) is 0 Å². The van der Waals surface area contributed by atoms with E-state index in [1.54, 1.807) is 0 Å². The van der Waals surface area contributed by atoms with Gasteiger partial charge in [-0.25, -0.2) is 0 Å². The Hall–Kier alpha value is -0.420. The molecule has 0 heterocycles. The summed E-state index contributed by atoms with van der Waals surface area (Å²) in [6.07, 6.45) is 1.44. The molecule has 2 aliphatic carbocycles. The van der Waals surface area contributed by atoms with Gasteiger partial charge in [-0.2, -0.15) is 8.42 Å². The van der Waals surface area contributed by atoms with E-state index in [0.29, 0.717) is 6.42 Å². The summed E-state index contributed by atoms with van der Waals surface area (Å²) in [6.45, 7) is 5.67. The highest BCUT2D eigenvalue weighted by molar-refractivity contribution is 7.87. The van der Waals surface area contributed by atoms with E-state index >= 15 is 0 Å². The minimum absolute atomic E-state index is 0.231. The molecule has 3 atom stereocenters. The predicted octanol–water partition coefficient (Wildman–Crippen LogP) is 1.27. The van der Waals surface area contributed by atoms with Crippen LogP contribution in [0.2, 0.25) is 0 Å². The maximum atomic E-state index is 12.0. The highest BCUT2D eigenvalue weighted by Gasteiger charge is 2.69. The van der Waals surface area contributed by atoms with Gasteiger partial charge in [0, 0.05) is 5.41 Å². The lowest BCUT2D eigenvalue weighted by atomic mass is 9.70. The normalized spacial score (nSPS) is 43.6. The van der Waals surface area contributed by atoms with Crippen LogP contribution in [0.4, 0.5) is 0 Å². The Kier molecular flexibility index (Phi) is 1.94. The number of carbonyl (C=O) groups is 1. The maximum Gasteiger partial charge on any atom is 0.275 e. The van der Waals surface area contributed by atoms with Crippen LogP contribution >= 0.6 is 0 Å². The zero-order valence-electron chi connectivity index (χ0n) is 9.15. The molecule has 4 nitrogen and oxygen atoms in total. The van der Waals surface area contributed by atoms with Crippen LogP contribution in [0.25, 0.3) is 0 Å². The molecule has 2 bridgehead atoms. The molecule has 0 spiro atoms. The second kappa shape index (κ2) is 2.63. The van der Waals surface area contributed by atoms with E-state index in [0.717, 1.165) is 6.42 Å². The van der Waals surface area contributed by atoms with Crippen molar-refractivity contribution in [1.29, 1.82) is 0 Å². The Bertz CT molecular complexity index is 423. The lowest BCUT2D eigenvalue weighted by Crippen LogP contribution is -2.38. The van der Waals surface area contributed by atoms with Gasteiger partial charge in [0.05, 0.1) is 0 Å². The van der Waals surface area contributed by atoms with Crippen molar-refractivity contribution >= 4 is 15.9 Å². The minimum Gasteiger partial charge on any atom is -0.297 e. The third kappa shape index (κ3) is 1.11. The molecule has 0 radical (unpaired) electrons. The van der Waals surface area contributed by atoms with Gasteiger partial charge in [0.25, 0.3) is 10.1 Å². The summed E-state index contributed by atoms with van der Waals surface area (Å²) >= 11 is 0. The molecule has 15 heavy (non-hydrogen) atoms. The predicted molar refractivity (Wildman–Crippen MR) is 55.0 cm³/mol. The molecule has 0 saturated heterocycles. The topological polar surface area (TPSA) is 71.4 Å². The van der Waals surface area contributed by atoms with Gasteiger partial charge in [0.15, 0.2) is 5.78 Å². The van der Waals surface area contributed by atoms with E-state index in [9.17, 15) is 13.2 Å². The Morgan fingerprint density at radius 3 is 2.13 bits per heavy atom. The van der Waals surface area contributed by atoms with Gasteiger partial charge >= 0.3 is 0 Å². The van der Waals surface area contributed by atoms with Crippen LogP contribution in [0.3, 0.4) is 0 Å². The fraction of sp³-hybridized carbons (Fsp3) is 0.900. The van der Waals surface area contributed by atoms with Crippen LogP contribution in [0.1, 0.15) is 33.6 Å². The molecular weight excluding hydrogens is 216 g/mol. The molecule has 0 aromatic rings. The molecule has 0 aliphatic heterocycles. The van der Waals surface area contributed by atoms with Crippen molar-refractivity contribution in [1.82, 2.24) is 0 Å². The number of hydrogen-bond donors (Lipinski definition) is 1. The monoisotopic (exact) mass is 232 g/mol. The summed E-state index contributed by atoms with van der Waals surface area (Å²) in [7, 11) is -4.24. The number of ketones is 1. The second-order valence-electron chi connectivity index (χ2n) is 5.50. The van der Waals surface area contributed by atoms with Crippen molar-refractivity contribution in [2.24, 2.45) is 16.7 Å². The smallest absolute Gasteiger partial charge is 0.275 e. The molecule has 2 saturated carbocycles. The van der Waals surface area contributed by atoms with Crippen molar-refractivity contribution in [3.8, 4) is 0 Å². The lowest BCUT2D eigenvalue weighted by molar-refractivity contribution is -0.128. The summed E-state index contributed by atoms with van der Waals surface area (Å²) < 4.78 is 31.5. The summed E-state index contributed by atoms with van der Waals surface area (Å²) in [5, 5.41) is -1.19. The van der Waals surface area contributed by atoms with Gasteiger partial charge in [0.2, 0.25) is 0 Å². The average molecular weight is 232 g/mol. The Morgan fingerprint density at radius 1 is 1.33 bits per heavy atom. The number of Topliss-reactive ketones (excluding diaryl/α,β-unsaturated/α-hetero) is 1. The first-order valence-corrected chi connectivity index (χ1v) is 6.63. The number of fused-ring (bicyclic) bond motifs is 2. The van der Waals surface area contributed by atoms with E-state index in [1.165, 1.54) is 0 Å². The number of hydrogen-bond acceptors (Lipinski definition) is 3. The Balaban J connectivity index is 2.57. The van der Waals surface area contributed by atoms with Crippen LogP contribution in [0, 0.1) is 16.7 Å². The molecule has 0 aromatic heterocycles. The van der Waals surface area contributed by atoms with Crippen LogP contribution in [-0.4, -0.2) is 24.0 Å². The van der Waals surface area contributed by atoms with E-state index in [4.69, 9.17) is 4.55 Å². The molecule has 2 rings (SSSR count). The third-order valence-corrected chi connectivity index (χ3v) is 5.98. The highest BCUT2D eigenvalue weighted by atomic mass is 32.2. The van der Waals surface area contributed by atoms with Gasteiger partial charge < -0.3 is 0 Å². The Morgan fingerprint density at radius 2 is 1.87 bits per heavy atom. The maximum absolute atomic E-state index is 12.0. The van der Waals surface area contributed by atoms with Crippen molar-refractivity contribution in [2.45, 2.75) is 38.9 Å². The molecule has 5 heteroatoms. The van der Waals surface area contributed by atoms with Crippen LogP contribution in [0.15, 0.2) is 0 Å².